The molecule has 0 spiro atoms. The Bertz CT molecular complexity index is 688. The molecule has 0 bridgehead atoms. The number of aliphatic hydroxyl groups is 2. The minimum Gasteiger partial charge on any atom is -0.496 e. The SMILES string of the molecule is COc1cc(Cc2cnc(N)nc2N)cc(OC)c1C(C)(O)O. The number of nitrogens with zero attached hydrogens (tertiary/aromatic N) is 2. The van der Waals surface area contributed by atoms with E-state index in [9.17, 15) is 10.2 Å². The molecule has 23 heavy (non-hydrogen) atoms. The van der Waals surface area contributed by atoms with Gasteiger partial charge in [-0.25, -0.2) is 4.98 Å². The zero-order valence-corrected chi connectivity index (χ0v) is 13.2. The normalized spacial score (nSPS) is 11.3. The molecule has 8 nitrogen and oxygen atoms in total. The zero-order valence-electron chi connectivity index (χ0n) is 13.2. The van der Waals surface area contributed by atoms with Crippen LogP contribution < -0.4 is 20.9 Å². The van der Waals surface area contributed by atoms with Crippen molar-refractivity contribution in [2.45, 2.75) is 19.1 Å². The van der Waals surface area contributed by atoms with E-state index in [4.69, 9.17) is 20.9 Å². The number of anilines is 2. The summed E-state index contributed by atoms with van der Waals surface area (Å²) in [6, 6.07) is 3.36. The fourth-order valence-corrected chi connectivity index (χ4v) is 2.33. The Balaban J connectivity index is 2.48. The average molecular weight is 320 g/mol. The van der Waals surface area contributed by atoms with Gasteiger partial charge in [-0.05, 0) is 24.6 Å². The molecule has 1 aromatic heterocycles. The summed E-state index contributed by atoms with van der Waals surface area (Å²) in [4.78, 5) is 7.84. The fourth-order valence-electron chi connectivity index (χ4n) is 2.33. The summed E-state index contributed by atoms with van der Waals surface area (Å²) >= 11 is 0. The Morgan fingerprint density at radius 3 is 2.13 bits per heavy atom. The van der Waals surface area contributed by atoms with Gasteiger partial charge < -0.3 is 31.2 Å². The van der Waals surface area contributed by atoms with E-state index in [1.165, 1.54) is 21.1 Å². The molecule has 0 saturated carbocycles. The first-order valence-corrected chi connectivity index (χ1v) is 6.83. The number of benzene rings is 1. The first kappa shape index (κ1) is 16.8. The van der Waals surface area contributed by atoms with Gasteiger partial charge in [-0.1, -0.05) is 0 Å². The first-order valence-electron chi connectivity index (χ1n) is 6.83. The second-order valence-corrected chi connectivity index (χ2v) is 5.21. The number of nitrogens with two attached hydrogens (primary N) is 2. The molecule has 0 saturated heterocycles. The van der Waals surface area contributed by atoms with Gasteiger partial charge in [0.05, 0.1) is 19.8 Å². The van der Waals surface area contributed by atoms with Gasteiger partial charge >= 0.3 is 0 Å². The van der Waals surface area contributed by atoms with Crippen LogP contribution in [0.1, 0.15) is 23.6 Å². The van der Waals surface area contributed by atoms with Gasteiger partial charge in [0.25, 0.3) is 0 Å². The molecule has 0 fully saturated rings. The summed E-state index contributed by atoms with van der Waals surface area (Å²) in [6.07, 6.45) is 1.96. The molecule has 0 aliphatic rings. The Kier molecular flexibility index (Phi) is 4.57. The number of hydrogen-bond acceptors (Lipinski definition) is 8. The predicted molar refractivity (Wildman–Crippen MR) is 85.0 cm³/mol. The van der Waals surface area contributed by atoms with Crippen LogP contribution in [0.4, 0.5) is 11.8 Å². The number of aromatic nitrogens is 2. The van der Waals surface area contributed by atoms with E-state index in [2.05, 4.69) is 9.97 Å². The van der Waals surface area contributed by atoms with Crippen molar-refractivity contribution < 1.29 is 19.7 Å². The minimum atomic E-state index is -2.10. The summed E-state index contributed by atoms with van der Waals surface area (Å²) < 4.78 is 10.5. The smallest absolute Gasteiger partial charge is 0.221 e. The van der Waals surface area contributed by atoms with Crippen molar-refractivity contribution in [3.05, 3.63) is 35.0 Å². The van der Waals surface area contributed by atoms with Crippen molar-refractivity contribution in [2.75, 3.05) is 25.7 Å². The largest absolute Gasteiger partial charge is 0.496 e. The third-order valence-electron chi connectivity index (χ3n) is 3.35. The molecule has 0 atom stereocenters. The summed E-state index contributed by atoms with van der Waals surface area (Å²) in [5, 5.41) is 19.8. The zero-order chi connectivity index (χ0) is 17.2. The number of rotatable bonds is 5. The molecule has 1 heterocycles. The van der Waals surface area contributed by atoms with Gasteiger partial charge in [0.1, 0.15) is 17.3 Å². The molecule has 0 radical (unpaired) electrons. The molecule has 8 heteroatoms. The van der Waals surface area contributed by atoms with Crippen LogP contribution in [-0.4, -0.2) is 34.4 Å². The molecule has 0 aliphatic carbocycles. The predicted octanol–water partition coefficient (Wildman–Crippen LogP) is 0.406. The Hall–Kier alpha value is -2.58. The summed E-state index contributed by atoms with van der Waals surface area (Å²) in [6.45, 7) is 1.23. The highest BCUT2D eigenvalue weighted by atomic mass is 16.5. The van der Waals surface area contributed by atoms with Crippen LogP contribution in [-0.2, 0) is 12.2 Å². The molecule has 6 N–H and O–H groups in total. The van der Waals surface area contributed by atoms with E-state index in [1.54, 1.807) is 18.3 Å². The van der Waals surface area contributed by atoms with Crippen LogP contribution >= 0.6 is 0 Å². The fraction of sp³-hybridized carbons (Fsp3) is 0.333. The van der Waals surface area contributed by atoms with Crippen molar-refractivity contribution in [3.63, 3.8) is 0 Å². The van der Waals surface area contributed by atoms with Gasteiger partial charge in [0.15, 0.2) is 5.79 Å². The lowest BCUT2D eigenvalue weighted by atomic mass is 9.99. The van der Waals surface area contributed by atoms with Crippen molar-refractivity contribution in [2.24, 2.45) is 0 Å². The number of methoxy groups -OCH3 is 2. The highest BCUT2D eigenvalue weighted by molar-refractivity contribution is 5.52. The van der Waals surface area contributed by atoms with Crippen molar-refractivity contribution in [3.8, 4) is 11.5 Å². The minimum absolute atomic E-state index is 0.105. The quantitative estimate of drug-likeness (QED) is 0.581. The topological polar surface area (TPSA) is 137 Å². The van der Waals surface area contributed by atoms with Crippen molar-refractivity contribution in [1.82, 2.24) is 9.97 Å². The summed E-state index contributed by atoms with van der Waals surface area (Å²) in [7, 11) is 2.88. The molecular weight excluding hydrogens is 300 g/mol. The standard InChI is InChI=1S/C15H20N4O4/c1-15(20,21)12-10(22-2)5-8(6-11(12)23-3)4-9-7-18-14(17)19-13(9)16/h5-7,20-21H,4H2,1-3H3,(H4,16,17,18,19). The first-order chi connectivity index (χ1) is 10.8. The van der Waals surface area contributed by atoms with E-state index in [-0.39, 0.29) is 17.3 Å². The second-order valence-electron chi connectivity index (χ2n) is 5.21. The molecule has 0 aliphatic heterocycles. The molecule has 0 unspecified atom stereocenters. The average Bonchev–Trinajstić information content (AvgIpc) is 2.48. The van der Waals surface area contributed by atoms with Gasteiger partial charge in [-0.2, -0.15) is 4.98 Å². The van der Waals surface area contributed by atoms with Crippen LogP contribution in [0.25, 0.3) is 0 Å². The number of ether oxygens (including phenoxy) is 2. The van der Waals surface area contributed by atoms with Crippen LogP contribution in [0.5, 0.6) is 11.5 Å². The van der Waals surface area contributed by atoms with Gasteiger partial charge in [-0.3, -0.25) is 0 Å². The number of nitrogen functional groups attached to an aromatic ring is 2. The Morgan fingerprint density at radius 1 is 1.13 bits per heavy atom. The van der Waals surface area contributed by atoms with Crippen LogP contribution in [0.3, 0.4) is 0 Å². The van der Waals surface area contributed by atoms with Crippen molar-refractivity contribution >= 4 is 11.8 Å². The maximum Gasteiger partial charge on any atom is 0.221 e. The maximum absolute atomic E-state index is 9.91. The highest BCUT2D eigenvalue weighted by Crippen LogP contribution is 2.38. The van der Waals surface area contributed by atoms with Crippen LogP contribution in [0, 0.1) is 0 Å². The lowest BCUT2D eigenvalue weighted by Gasteiger charge is -2.23. The summed E-state index contributed by atoms with van der Waals surface area (Å²) in [5.41, 5.74) is 12.9. The monoisotopic (exact) mass is 320 g/mol. The summed E-state index contributed by atoms with van der Waals surface area (Å²) in [5.74, 6) is -1.12. The molecular formula is C15H20N4O4. The maximum atomic E-state index is 9.91. The highest BCUT2D eigenvalue weighted by Gasteiger charge is 2.28. The van der Waals surface area contributed by atoms with E-state index in [1.807, 2.05) is 0 Å². The lowest BCUT2D eigenvalue weighted by Crippen LogP contribution is -2.22. The van der Waals surface area contributed by atoms with E-state index < -0.39 is 5.79 Å². The molecule has 0 amide bonds. The van der Waals surface area contributed by atoms with Crippen LogP contribution in [0.2, 0.25) is 0 Å². The second kappa shape index (κ2) is 6.27. The molecule has 1 aromatic carbocycles. The molecule has 2 rings (SSSR count). The van der Waals surface area contributed by atoms with E-state index in [0.29, 0.717) is 23.5 Å². The van der Waals surface area contributed by atoms with Crippen LogP contribution in [0.15, 0.2) is 18.3 Å². The van der Waals surface area contributed by atoms with Gasteiger partial charge in [-0.15, -0.1) is 0 Å². The van der Waals surface area contributed by atoms with Gasteiger partial charge in [0.2, 0.25) is 5.95 Å². The van der Waals surface area contributed by atoms with Gasteiger partial charge in [0, 0.05) is 18.2 Å². The Morgan fingerprint density at radius 2 is 1.70 bits per heavy atom. The third kappa shape index (κ3) is 3.61. The molecule has 124 valence electrons. The third-order valence-corrected chi connectivity index (χ3v) is 3.35. The van der Waals surface area contributed by atoms with E-state index in [0.717, 1.165) is 5.56 Å². The van der Waals surface area contributed by atoms with E-state index >= 15 is 0 Å². The lowest BCUT2D eigenvalue weighted by molar-refractivity contribution is -0.154. The Labute approximate surface area is 133 Å². The molecule has 2 aromatic rings. The van der Waals surface area contributed by atoms with Crippen molar-refractivity contribution in [1.29, 1.82) is 0 Å². The number of hydrogen-bond donors (Lipinski definition) is 4.